The number of carbonyl (C=O) groups excluding carboxylic acids is 1. The highest BCUT2D eigenvalue weighted by Crippen LogP contribution is 2.19. The third kappa shape index (κ3) is 4.47. The molecular weight excluding hydrogens is 354 g/mol. The van der Waals surface area contributed by atoms with E-state index in [1.54, 1.807) is 13.0 Å². The van der Waals surface area contributed by atoms with Crippen LogP contribution in [0.5, 0.6) is 0 Å². The Morgan fingerprint density at radius 3 is 2.61 bits per heavy atom. The Morgan fingerprint density at radius 2 is 1.93 bits per heavy atom. The van der Waals surface area contributed by atoms with Crippen molar-refractivity contribution in [1.82, 2.24) is 20.5 Å². The van der Waals surface area contributed by atoms with Crippen molar-refractivity contribution in [1.29, 1.82) is 5.41 Å². The highest BCUT2D eigenvalue weighted by Gasteiger charge is 2.13. The smallest absolute Gasteiger partial charge is 0.320 e. The molecule has 0 saturated heterocycles. The van der Waals surface area contributed by atoms with Gasteiger partial charge in [0.15, 0.2) is 0 Å². The summed E-state index contributed by atoms with van der Waals surface area (Å²) in [7, 11) is 0. The average molecular weight is 375 g/mol. The summed E-state index contributed by atoms with van der Waals surface area (Å²) in [6.07, 6.45) is 2.96. The van der Waals surface area contributed by atoms with Crippen LogP contribution >= 0.6 is 0 Å². The maximum atomic E-state index is 12.2. The number of hydrogen-bond acceptors (Lipinski definition) is 6. The molecule has 1 aromatic carbocycles. The molecule has 2 amide bonds. The summed E-state index contributed by atoms with van der Waals surface area (Å²) in [4.78, 5) is 16.4. The van der Waals surface area contributed by atoms with E-state index in [9.17, 15) is 4.79 Å². The molecule has 0 spiro atoms. The molecule has 142 valence electrons. The summed E-state index contributed by atoms with van der Waals surface area (Å²) >= 11 is 0. The number of benzene rings is 1. The van der Waals surface area contributed by atoms with E-state index in [0.717, 1.165) is 5.56 Å². The van der Waals surface area contributed by atoms with Crippen LogP contribution in [-0.2, 0) is 0 Å². The molecule has 0 aliphatic heterocycles. The van der Waals surface area contributed by atoms with E-state index in [-0.39, 0.29) is 17.8 Å². The van der Waals surface area contributed by atoms with Crippen molar-refractivity contribution in [3.05, 3.63) is 77.2 Å². The molecule has 8 heteroatoms. The summed E-state index contributed by atoms with van der Waals surface area (Å²) in [6.45, 7) is 3.69. The standard InChI is InChI=1S/C20H21N7O/c1-12-8-15(10-24-27-12)19(22)16-11-23-18(9-17(16)21)26-20(28)25-13(2)14-6-4-3-5-7-14/h3-11,13,22H,1-2H3,(H4,21,23,25,26,28). The largest absolute Gasteiger partial charge is 0.398 e. The number of urea groups is 1. The summed E-state index contributed by atoms with van der Waals surface area (Å²) in [5, 5.41) is 21.6. The molecule has 1 unspecified atom stereocenters. The van der Waals surface area contributed by atoms with Crippen LogP contribution in [-0.4, -0.2) is 26.9 Å². The molecule has 3 rings (SSSR count). The lowest BCUT2D eigenvalue weighted by Gasteiger charge is -2.15. The van der Waals surface area contributed by atoms with Gasteiger partial charge in [-0.05, 0) is 25.5 Å². The third-order valence-electron chi connectivity index (χ3n) is 4.16. The summed E-state index contributed by atoms with van der Waals surface area (Å²) in [6, 6.07) is 12.4. The van der Waals surface area contributed by atoms with Crippen molar-refractivity contribution in [2.75, 3.05) is 11.1 Å². The molecule has 8 nitrogen and oxygen atoms in total. The molecular formula is C20H21N7O. The number of nitrogens with two attached hydrogens (primary N) is 1. The van der Waals surface area contributed by atoms with Gasteiger partial charge in [-0.25, -0.2) is 9.78 Å². The zero-order valence-electron chi connectivity index (χ0n) is 15.6. The van der Waals surface area contributed by atoms with Crippen LogP contribution in [0.15, 0.2) is 54.9 Å². The second-order valence-corrected chi connectivity index (χ2v) is 6.35. The van der Waals surface area contributed by atoms with E-state index in [2.05, 4.69) is 25.8 Å². The first-order valence-electron chi connectivity index (χ1n) is 8.70. The molecule has 0 aliphatic carbocycles. The van der Waals surface area contributed by atoms with Gasteiger partial charge < -0.3 is 11.1 Å². The number of rotatable bonds is 5. The first-order valence-corrected chi connectivity index (χ1v) is 8.70. The van der Waals surface area contributed by atoms with Crippen LogP contribution in [0.1, 0.15) is 35.3 Å². The van der Waals surface area contributed by atoms with Crippen molar-refractivity contribution in [3.63, 3.8) is 0 Å². The Labute approximate surface area is 162 Å². The molecule has 2 heterocycles. The molecule has 2 aromatic heterocycles. The summed E-state index contributed by atoms with van der Waals surface area (Å²) in [5.74, 6) is 0.302. The Bertz CT molecular complexity index is 1000. The maximum Gasteiger partial charge on any atom is 0.320 e. The van der Waals surface area contributed by atoms with Crippen molar-refractivity contribution < 1.29 is 4.79 Å². The van der Waals surface area contributed by atoms with Crippen molar-refractivity contribution in [2.45, 2.75) is 19.9 Å². The maximum absolute atomic E-state index is 12.2. The molecule has 5 N–H and O–H groups in total. The summed E-state index contributed by atoms with van der Waals surface area (Å²) in [5.41, 5.74) is 9.35. The van der Waals surface area contributed by atoms with Crippen molar-refractivity contribution in [2.24, 2.45) is 0 Å². The Balaban J connectivity index is 1.68. The molecule has 0 aliphatic rings. The number of nitrogen functional groups attached to an aromatic ring is 1. The normalized spacial score (nSPS) is 11.5. The molecule has 0 radical (unpaired) electrons. The van der Waals surface area contributed by atoms with Gasteiger partial charge in [0.05, 0.1) is 23.6 Å². The topological polar surface area (TPSA) is 130 Å². The second-order valence-electron chi connectivity index (χ2n) is 6.35. The molecule has 28 heavy (non-hydrogen) atoms. The van der Waals surface area contributed by atoms with Gasteiger partial charge in [-0.2, -0.15) is 10.2 Å². The minimum atomic E-state index is -0.389. The SMILES string of the molecule is Cc1cc(C(=N)c2cnc(NC(=O)NC(C)c3ccccc3)cc2N)cnn1. The van der Waals surface area contributed by atoms with Crippen molar-refractivity contribution in [3.8, 4) is 0 Å². The fraction of sp³-hybridized carbons (Fsp3) is 0.150. The zero-order valence-corrected chi connectivity index (χ0v) is 15.6. The lowest BCUT2D eigenvalue weighted by Crippen LogP contribution is -2.31. The zero-order chi connectivity index (χ0) is 20.1. The van der Waals surface area contributed by atoms with E-state index in [1.165, 1.54) is 18.5 Å². The Kier molecular flexibility index (Phi) is 5.59. The molecule has 0 bridgehead atoms. The van der Waals surface area contributed by atoms with Gasteiger partial charge in [-0.1, -0.05) is 30.3 Å². The van der Waals surface area contributed by atoms with Gasteiger partial charge >= 0.3 is 6.03 Å². The lowest BCUT2D eigenvalue weighted by atomic mass is 10.0. The minimum Gasteiger partial charge on any atom is -0.398 e. The van der Waals surface area contributed by atoms with Gasteiger partial charge in [-0.15, -0.1) is 0 Å². The van der Waals surface area contributed by atoms with E-state index in [4.69, 9.17) is 11.1 Å². The number of nitrogens with one attached hydrogen (secondary N) is 3. The first-order chi connectivity index (χ1) is 13.4. The number of anilines is 2. The van der Waals surface area contributed by atoms with Crippen LogP contribution in [0.4, 0.5) is 16.3 Å². The van der Waals surface area contributed by atoms with Gasteiger partial charge in [0.25, 0.3) is 0 Å². The Hall–Kier alpha value is -3.81. The predicted octanol–water partition coefficient (Wildman–Crippen LogP) is 3.06. The molecule has 3 aromatic rings. The fourth-order valence-corrected chi connectivity index (χ4v) is 2.69. The number of aryl methyl sites for hydroxylation is 1. The van der Waals surface area contributed by atoms with Gasteiger partial charge in [0.1, 0.15) is 5.82 Å². The highest BCUT2D eigenvalue weighted by molar-refractivity contribution is 6.13. The van der Waals surface area contributed by atoms with Gasteiger partial charge in [0, 0.05) is 29.1 Å². The van der Waals surface area contributed by atoms with E-state index >= 15 is 0 Å². The van der Waals surface area contributed by atoms with Crippen LogP contribution in [0.25, 0.3) is 0 Å². The average Bonchev–Trinajstić information content (AvgIpc) is 2.68. The van der Waals surface area contributed by atoms with Crippen molar-refractivity contribution >= 4 is 23.2 Å². The quantitative estimate of drug-likeness (QED) is 0.509. The predicted molar refractivity (Wildman–Crippen MR) is 108 cm³/mol. The molecule has 0 saturated carbocycles. The van der Waals surface area contributed by atoms with Gasteiger partial charge in [0.2, 0.25) is 0 Å². The van der Waals surface area contributed by atoms with Crippen LogP contribution in [0.3, 0.4) is 0 Å². The number of aromatic nitrogens is 3. The second kappa shape index (κ2) is 8.26. The Morgan fingerprint density at radius 1 is 1.18 bits per heavy atom. The molecule has 0 fully saturated rings. The van der Waals surface area contributed by atoms with Gasteiger partial charge in [-0.3, -0.25) is 10.7 Å². The number of carbonyl (C=O) groups is 1. The number of hydrogen-bond donors (Lipinski definition) is 4. The highest BCUT2D eigenvalue weighted by atomic mass is 16.2. The van der Waals surface area contributed by atoms with E-state index in [0.29, 0.717) is 28.3 Å². The van der Waals surface area contributed by atoms with Crippen LogP contribution in [0.2, 0.25) is 0 Å². The lowest BCUT2D eigenvalue weighted by molar-refractivity contribution is 0.249. The monoisotopic (exact) mass is 375 g/mol. The van der Waals surface area contributed by atoms with E-state index < -0.39 is 0 Å². The first kappa shape index (κ1) is 19.0. The van der Waals surface area contributed by atoms with Crippen LogP contribution in [0, 0.1) is 12.3 Å². The molecule has 1 atom stereocenters. The number of nitrogens with zero attached hydrogens (tertiary/aromatic N) is 3. The van der Waals surface area contributed by atoms with Crippen LogP contribution < -0.4 is 16.4 Å². The fourth-order valence-electron chi connectivity index (χ4n) is 2.69. The summed E-state index contributed by atoms with van der Waals surface area (Å²) < 4.78 is 0. The van der Waals surface area contributed by atoms with E-state index in [1.807, 2.05) is 37.3 Å². The number of amides is 2. The third-order valence-corrected chi connectivity index (χ3v) is 4.16. The number of pyridine rings is 1. The minimum absolute atomic E-state index is 0.159.